The number of hydrogen-bond donors (Lipinski definition) is 2. The molecule has 1 aliphatic heterocycles. The fourth-order valence-electron chi connectivity index (χ4n) is 6.13. The van der Waals surface area contributed by atoms with E-state index in [0.717, 1.165) is 77.8 Å². The first-order chi connectivity index (χ1) is 26.0. The molecule has 0 amide bonds. The van der Waals surface area contributed by atoms with Gasteiger partial charge in [0.2, 0.25) is 5.88 Å². The zero-order valence-corrected chi connectivity index (χ0v) is 30.8. The lowest BCUT2D eigenvalue weighted by Crippen LogP contribution is -2.34. The number of benzene rings is 3. The summed E-state index contributed by atoms with van der Waals surface area (Å²) < 4.78 is 63.2. The first-order valence-electron chi connectivity index (χ1n) is 17.4. The molecule has 5 aromatic rings. The lowest BCUT2D eigenvalue weighted by Gasteiger charge is -2.31. The number of piperidine rings is 1. The molecule has 54 heavy (non-hydrogen) atoms. The smallest absolute Gasteiger partial charge is 0.473 e. The molecule has 1 fully saturated rings. The summed E-state index contributed by atoms with van der Waals surface area (Å²) in [5.74, 6) is 1.06. The number of fused-ring (bicyclic) bond motifs is 2. The van der Waals surface area contributed by atoms with Crippen molar-refractivity contribution in [2.45, 2.75) is 52.2 Å². The topological polar surface area (TPSA) is 110 Å². The molecular formula is C39H42ClF4N7O3. The van der Waals surface area contributed by atoms with E-state index in [1.807, 2.05) is 47.9 Å². The zero-order valence-electron chi connectivity index (χ0n) is 30.0. The number of hydrogen-bond acceptors (Lipinski definition) is 8. The van der Waals surface area contributed by atoms with Crippen LogP contribution >= 0.6 is 11.6 Å². The standard InChI is InChI=1S/C30H34ClF4N5O2.C9H8N2O/c1-36-24-9-10-27-26(18-24)38-28(40(27)15-16-42-30(33,34)35)19-39-13-11-21(12-14-39)5-3-4-6-29(37-2)41-20-22-7-8-23(31)17-25(22)32;1-6-8-4-7(5-12)2-3-9(8)11-10-6/h3-4,6-10,17-18,21,36H,2,5,11-16,19-20H2,1H3;2-5H,1H3,(H,10,11)/b4-3-,29-6+;. The van der Waals surface area contributed by atoms with Gasteiger partial charge in [-0.2, -0.15) is 5.10 Å². The molecule has 0 spiro atoms. The number of aromatic amines is 1. The molecule has 0 atom stereocenters. The number of rotatable bonds is 14. The third-order valence-corrected chi connectivity index (χ3v) is 9.30. The van der Waals surface area contributed by atoms with Crippen LogP contribution in [0.2, 0.25) is 5.02 Å². The van der Waals surface area contributed by atoms with Gasteiger partial charge in [-0.15, -0.1) is 13.2 Å². The molecular weight excluding hydrogens is 726 g/mol. The van der Waals surface area contributed by atoms with Crippen LogP contribution in [0.4, 0.5) is 23.2 Å². The number of aliphatic imine (C=N–C) groups is 1. The van der Waals surface area contributed by atoms with E-state index in [0.29, 0.717) is 34.5 Å². The van der Waals surface area contributed by atoms with E-state index in [1.54, 1.807) is 31.3 Å². The lowest BCUT2D eigenvalue weighted by molar-refractivity contribution is -0.325. The van der Waals surface area contributed by atoms with Crippen molar-refractivity contribution in [2.24, 2.45) is 10.9 Å². The maximum absolute atomic E-state index is 14.0. The minimum absolute atomic E-state index is 0.0139. The molecule has 286 valence electrons. The highest BCUT2D eigenvalue weighted by Gasteiger charge is 2.29. The largest absolute Gasteiger partial charge is 0.522 e. The monoisotopic (exact) mass is 767 g/mol. The highest BCUT2D eigenvalue weighted by molar-refractivity contribution is 6.30. The van der Waals surface area contributed by atoms with Gasteiger partial charge in [0, 0.05) is 46.5 Å². The van der Waals surface area contributed by atoms with Crippen molar-refractivity contribution in [3.8, 4) is 0 Å². The van der Waals surface area contributed by atoms with Crippen LogP contribution in [0.3, 0.4) is 0 Å². The Labute approximate surface area is 315 Å². The number of alkyl halides is 3. The van der Waals surface area contributed by atoms with E-state index in [4.69, 9.17) is 21.3 Å². The summed E-state index contributed by atoms with van der Waals surface area (Å²) in [6.07, 6.45) is 4.61. The fraction of sp³-hybridized carbons (Fsp3) is 0.333. The van der Waals surface area contributed by atoms with Gasteiger partial charge < -0.3 is 14.6 Å². The predicted octanol–water partition coefficient (Wildman–Crippen LogP) is 9.01. The van der Waals surface area contributed by atoms with E-state index in [2.05, 4.69) is 42.9 Å². The van der Waals surface area contributed by atoms with Gasteiger partial charge in [0.1, 0.15) is 24.5 Å². The summed E-state index contributed by atoms with van der Waals surface area (Å²) in [4.78, 5) is 21.3. The van der Waals surface area contributed by atoms with Crippen LogP contribution in [0.5, 0.6) is 0 Å². The van der Waals surface area contributed by atoms with Crippen molar-refractivity contribution in [1.29, 1.82) is 0 Å². The van der Waals surface area contributed by atoms with Gasteiger partial charge in [0.05, 0.1) is 29.7 Å². The van der Waals surface area contributed by atoms with Crippen molar-refractivity contribution < 1.29 is 31.8 Å². The normalized spacial score (nSPS) is 14.4. The van der Waals surface area contributed by atoms with Crippen molar-refractivity contribution in [2.75, 3.05) is 32.1 Å². The van der Waals surface area contributed by atoms with Crippen LogP contribution in [0.25, 0.3) is 21.9 Å². The molecule has 1 aliphatic rings. The van der Waals surface area contributed by atoms with Crippen LogP contribution in [0.1, 0.15) is 46.7 Å². The number of allylic oxidation sites excluding steroid dienone is 3. The van der Waals surface area contributed by atoms with Crippen molar-refractivity contribution in [3.05, 3.63) is 112 Å². The van der Waals surface area contributed by atoms with Crippen LogP contribution < -0.4 is 5.32 Å². The average Bonchev–Trinajstić information content (AvgIpc) is 3.70. The Morgan fingerprint density at radius 1 is 1.13 bits per heavy atom. The van der Waals surface area contributed by atoms with Gasteiger partial charge in [-0.25, -0.2) is 14.4 Å². The molecule has 0 unspecified atom stereocenters. The minimum Gasteiger partial charge on any atom is -0.473 e. The summed E-state index contributed by atoms with van der Waals surface area (Å²) in [7, 11) is 1.81. The summed E-state index contributed by atoms with van der Waals surface area (Å²) in [6.45, 7) is 7.29. The van der Waals surface area contributed by atoms with Crippen LogP contribution in [-0.2, 0) is 29.2 Å². The minimum atomic E-state index is -4.67. The Hall–Kier alpha value is -5.05. The molecule has 1 saturated heterocycles. The Morgan fingerprint density at radius 3 is 2.63 bits per heavy atom. The number of nitrogens with zero attached hydrogens (tertiary/aromatic N) is 5. The number of carbonyl (C=O) groups is 1. The summed E-state index contributed by atoms with van der Waals surface area (Å²) in [6, 6.07) is 15.5. The SMILES string of the molecule is C=N/C(=C\C=C/CC1CCN(Cc2nc3cc(NC)ccc3n2CCOC(F)(F)F)CC1)OCc1ccc(Cl)cc1F.Cc1[nH]nc2ccc(C=O)cc12. The Balaban J connectivity index is 0.000000392. The number of anilines is 1. The average molecular weight is 768 g/mol. The number of aryl methyl sites for hydroxylation is 1. The van der Waals surface area contributed by atoms with Crippen LogP contribution in [0, 0.1) is 18.7 Å². The highest BCUT2D eigenvalue weighted by atomic mass is 35.5. The van der Waals surface area contributed by atoms with Gasteiger partial charge in [0.25, 0.3) is 0 Å². The number of aldehydes is 1. The summed E-state index contributed by atoms with van der Waals surface area (Å²) >= 11 is 5.79. The van der Waals surface area contributed by atoms with Crippen LogP contribution in [-0.4, -0.2) is 70.8 Å². The number of aromatic nitrogens is 4. The Morgan fingerprint density at radius 2 is 1.93 bits per heavy atom. The van der Waals surface area contributed by atoms with E-state index in [1.165, 1.54) is 6.07 Å². The van der Waals surface area contributed by atoms with E-state index < -0.39 is 18.8 Å². The predicted molar refractivity (Wildman–Crippen MR) is 203 cm³/mol. The number of carbonyl (C=O) groups excluding carboxylic acids is 1. The molecule has 0 bridgehead atoms. The van der Waals surface area contributed by atoms with Gasteiger partial charge in [-0.05, 0) is 107 Å². The first kappa shape index (κ1) is 40.1. The van der Waals surface area contributed by atoms with E-state index >= 15 is 0 Å². The van der Waals surface area contributed by atoms with Crippen LogP contribution in [0.15, 0.2) is 83.7 Å². The van der Waals surface area contributed by atoms with Crippen molar-refractivity contribution in [1.82, 2.24) is 24.6 Å². The second-order valence-corrected chi connectivity index (χ2v) is 13.2. The van der Waals surface area contributed by atoms with E-state index in [-0.39, 0.29) is 13.2 Å². The molecule has 6 rings (SSSR count). The van der Waals surface area contributed by atoms with Gasteiger partial charge in [0.15, 0.2) is 0 Å². The summed E-state index contributed by atoms with van der Waals surface area (Å²) in [5.41, 5.74) is 5.34. The number of ether oxygens (including phenoxy) is 2. The molecule has 15 heteroatoms. The maximum Gasteiger partial charge on any atom is 0.522 e. The third kappa shape index (κ3) is 11.2. The summed E-state index contributed by atoms with van der Waals surface area (Å²) in [5, 5.41) is 11.3. The lowest BCUT2D eigenvalue weighted by atomic mass is 9.93. The van der Waals surface area contributed by atoms with Crippen molar-refractivity contribution >= 4 is 52.2 Å². The molecule has 0 saturated carbocycles. The molecule has 2 N–H and O–H groups in total. The number of nitrogens with one attached hydrogen (secondary N) is 2. The molecule has 0 radical (unpaired) electrons. The van der Waals surface area contributed by atoms with Gasteiger partial charge in [-0.3, -0.25) is 19.5 Å². The number of imidazole rings is 1. The first-order valence-corrected chi connectivity index (χ1v) is 17.7. The molecule has 3 heterocycles. The number of H-pyrrole nitrogens is 1. The molecule has 10 nitrogen and oxygen atoms in total. The molecule has 3 aromatic carbocycles. The molecule has 0 aliphatic carbocycles. The zero-order chi connectivity index (χ0) is 38.7. The second-order valence-electron chi connectivity index (χ2n) is 12.7. The quantitative estimate of drug-likeness (QED) is 0.0382. The maximum atomic E-state index is 14.0. The third-order valence-electron chi connectivity index (χ3n) is 9.06. The fourth-order valence-corrected chi connectivity index (χ4v) is 6.28. The Kier molecular flexibility index (Phi) is 14.0. The van der Waals surface area contributed by atoms with Crippen molar-refractivity contribution in [3.63, 3.8) is 0 Å². The van der Waals surface area contributed by atoms with E-state index in [9.17, 15) is 22.4 Å². The van der Waals surface area contributed by atoms with Gasteiger partial charge in [-0.1, -0.05) is 29.8 Å². The highest BCUT2D eigenvalue weighted by Crippen LogP contribution is 2.26. The van der Waals surface area contributed by atoms with Gasteiger partial charge >= 0.3 is 6.36 Å². The molecule has 2 aromatic heterocycles. The number of likely N-dealkylation sites (tertiary alicyclic amines) is 1. The second kappa shape index (κ2) is 18.8. The Bertz CT molecular complexity index is 2100. The number of halogens is 5.